The Morgan fingerprint density at radius 1 is 0.880 bits per heavy atom. The Kier molecular flexibility index (Phi) is 4.63. The highest BCUT2D eigenvalue weighted by molar-refractivity contribution is 5.84. The van der Waals surface area contributed by atoms with Gasteiger partial charge in [-0.2, -0.15) is 0 Å². The Bertz CT molecular complexity index is 799. The van der Waals surface area contributed by atoms with Crippen LogP contribution in [0.2, 0.25) is 0 Å². The monoisotopic (exact) mass is 346 g/mol. The zero-order valence-corrected chi connectivity index (χ0v) is 14.8. The number of phenolic OH excluding ortho intramolecular Hbond substituents is 1. The second-order valence-electron chi connectivity index (χ2n) is 5.85. The number of aryl methyl sites for hydroxylation is 1. The van der Waals surface area contributed by atoms with Crippen LogP contribution < -0.4 is 18.9 Å². The maximum absolute atomic E-state index is 10.6. The zero-order valence-electron chi connectivity index (χ0n) is 14.8. The standard InChI is InChI=1S/C19H22O6/c1-22-15-9-12-11(8-14(15)21)13(20)6-5-10-7-16(23-2)18(24-3)19(25-4)17(10)12/h7-9,13,20-21H,5-6H2,1-4H3. The summed E-state index contributed by atoms with van der Waals surface area (Å²) in [6.07, 6.45) is 0.441. The molecule has 0 bridgehead atoms. The van der Waals surface area contributed by atoms with Gasteiger partial charge in [-0.15, -0.1) is 0 Å². The van der Waals surface area contributed by atoms with E-state index in [1.807, 2.05) is 6.07 Å². The molecule has 2 N–H and O–H groups in total. The van der Waals surface area contributed by atoms with Gasteiger partial charge in [0.15, 0.2) is 23.0 Å². The number of aromatic hydroxyl groups is 1. The van der Waals surface area contributed by atoms with Crippen LogP contribution in [0, 0.1) is 0 Å². The van der Waals surface area contributed by atoms with Crippen molar-refractivity contribution in [3.8, 4) is 39.9 Å². The highest BCUT2D eigenvalue weighted by atomic mass is 16.5. The lowest BCUT2D eigenvalue weighted by Crippen LogP contribution is -2.01. The Labute approximate surface area is 146 Å². The Morgan fingerprint density at radius 2 is 1.56 bits per heavy atom. The number of benzene rings is 2. The maximum atomic E-state index is 10.6. The van der Waals surface area contributed by atoms with Gasteiger partial charge in [0.05, 0.1) is 34.5 Å². The van der Waals surface area contributed by atoms with E-state index in [4.69, 9.17) is 18.9 Å². The number of methoxy groups -OCH3 is 4. The Hall–Kier alpha value is -2.60. The van der Waals surface area contributed by atoms with Gasteiger partial charge in [0.25, 0.3) is 0 Å². The molecule has 25 heavy (non-hydrogen) atoms. The largest absolute Gasteiger partial charge is 0.504 e. The average Bonchev–Trinajstić information content (AvgIpc) is 2.76. The van der Waals surface area contributed by atoms with Crippen LogP contribution in [0.25, 0.3) is 11.1 Å². The number of aliphatic hydroxyl groups excluding tert-OH is 1. The predicted molar refractivity (Wildman–Crippen MR) is 93.0 cm³/mol. The molecule has 0 saturated heterocycles. The van der Waals surface area contributed by atoms with E-state index < -0.39 is 6.10 Å². The molecule has 1 unspecified atom stereocenters. The van der Waals surface area contributed by atoms with E-state index in [1.165, 1.54) is 7.11 Å². The summed E-state index contributed by atoms with van der Waals surface area (Å²) in [6, 6.07) is 5.16. The molecule has 6 nitrogen and oxygen atoms in total. The minimum atomic E-state index is -0.707. The number of hydrogen-bond donors (Lipinski definition) is 2. The van der Waals surface area contributed by atoms with Crippen molar-refractivity contribution in [3.05, 3.63) is 29.3 Å². The van der Waals surface area contributed by atoms with Crippen molar-refractivity contribution in [3.63, 3.8) is 0 Å². The molecule has 134 valence electrons. The van der Waals surface area contributed by atoms with Gasteiger partial charge in [-0.25, -0.2) is 0 Å². The summed E-state index contributed by atoms with van der Waals surface area (Å²) in [5.74, 6) is 1.90. The molecule has 0 spiro atoms. The van der Waals surface area contributed by atoms with E-state index >= 15 is 0 Å². The fraction of sp³-hybridized carbons (Fsp3) is 0.368. The van der Waals surface area contributed by atoms with Crippen LogP contribution in [-0.2, 0) is 6.42 Å². The quantitative estimate of drug-likeness (QED) is 0.886. The van der Waals surface area contributed by atoms with Crippen molar-refractivity contribution in [1.29, 1.82) is 0 Å². The van der Waals surface area contributed by atoms with Gasteiger partial charge in [-0.1, -0.05) is 0 Å². The van der Waals surface area contributed by atoms with Gasteiger partial charge in [-0.3, -0.25) is 0 Å². The Morgan fingerprint density at radius 3 is 2.16 bits per heavy atom. The second kappa shape index (κ2) is 6.72. The molecule has 3 rings (SSSR count). The van der Waals surface area contributed by atoms with Crippen LogP contribution >= 0.6 is 0 Å². The van der Waals surface area contributed by atoms with Gasteiger partial charge in [0.2, 0.25) is 5.75 Å². The number of hydrogen-bond acceptors (Lipinski definition) is 6. The third-order valence-corrected chi connectivity index (χ3v) is 4.58. The summed E-state index contributed by atoms with van der Waals surface area (Å²) in [5.41, 5.74) is 3.15. The first-order chi connectivity index (χ1) is 12.0. The van der Waals surface area contributed by atoms with Gasteiger partial charge in [0, 0.05) is 5.56 Å². The van der Waals surface area contributed by atoms with Crippen LogP contribution in [0.3, 0.4) is 0 Å². The van der Waals surface area contributed by atoms with Crippen LogP contribution in [0.1, 0.15) is 23.7 Å². The molecule has 0 amide bonds. The summed E-state index contributed by atoms with van der Waals surface area (Å²) in [4.78, 5) is 0. The van der Waals surface area contributed by atoms with E-state index in [2.05, 4.69) is 0 Å². The van der Waals surface area contributed by atoms with E-state index in [0.717, 1.165) is 16.7 Å². The van der Waals surface area contributed by atoms with E-state index in [9.17, 15) is 10.2 Å². The molecule has 0 saturated carbocycles. The second-order valence-corrected chi connectivity index (χ2v) is 5.85. The van der Waals surface area contributed by atoms with E-state index in [0.29, 0.717) is 41.4 Å². The van der Waals surface area contributed by atoms with Crippen molar-refractivity contribution in [2.45, 2.75) is 18.9 Å². The normalized spacial score (nSPS) is 15.6. The lowest BCUT2D eigenvalue weighted by molar-refractivity contribution is 0.169. The molecule has 0 aromatic heterocycles. The van der Waals surface area contributed by atoms with E-state index in [-0.39, 0.29) is 5.75 Å². The summed E-state index contributed by atoms with van der Waals surface area (Å²) in [6.45, 7) is 0. The summed E-state index contributed by atoms with van der Waals surface area (Å²) >= 11 is 0. The zero-order chi connectivity index (χ0) is 18.1. The maximum Gasteiger partial charge on any atom is 0.203 e. The lowest BCUT2D eigenvalue weighted by atomic mass is 9.93. The molecule has 2 aromatic rings. The molecule has 0 aliphatic heterocycles. The molecule has 0 fully saturated rings. The molecule has 0 heterocycles. The number of rotatable bonds is 4. The SMILES string of the molecule is COc1cc2c(cc1O)C(O)CCc1cc(OC)c(OC)c(OC)c1-2. The van der Waals surface area contributed by atoms with Crippen molar-refractivity contribution in [2.75, 3.05) is 28.4 Å². The molecule has 1 atom stereocenters. The lowest BCUT2D eigenvalue weighted by Gasteiger charge is -2.20. The highest BCUT2D eigenvalue weighted by Crippen LogP contribution is 2.52. The van der Waals surface area contributed by atoms with E-state index in [1.54, 1.807) is 33.5 Å². The first kappa shape index (κ1) is 17.2. The number of ether oxygens (including phenoxy) is 4. The van der Waals surface area contributed by atoms with Crippen molar-refractivity contribution < 1.29 is 29.2 Å². The van der Waals surface area contributed by atoms with Crippen LogP contribution in [0.4, 0.5) is 0 Å². The summed E-state index contributed by atoms with van der Waals surface area (Å²) in [5, 5.41) is 20.7. The predicted octanol–water partition coefficient (Wildman–Crippen LogP) is 3.07. The van der Waals surface area contributed by atoms with Crippen LogP contribution in [0.5, 0.6) is 28.7 Å². The third-order valence-electron chi connectivity index (χ3n) is 4.58. The first-order valence-electron chi connectivity index (χ1n) is 7.96. The van der Waals surface area contributed by atoms with Gasteiger partial charge < -0.3 is 29.2 Å². The molecule has 1 aliphatic rings. The number of phenols is 1. The minimum Gasteiger partial charge on any atom is -0.504 e. The van der Waals surface area contributed by atoms with Crippen LogP contribution in [-0.4, -0.2) is 38.7 Å². The molecule has 0 radical (unpaired) electrons. The third kappa shape index (κ3) is 2.72. The molecule has 6 heteroatoms. The topological polar surface area (TPSA) is 77.4 Å². The summed E-state index contributed by atoms with van der Waals surface area (Å²) < 4.78 is 21.8. The number of aliphatic hydroxyl groups is 1. The van der Waals surface area contributed by atoms with Gasteiger partial charge >= 0.3 is 0 Å². The summed E-state index contributed by atoms with van der Waals surface area (Å²) in [7, 11) is 6.18. The average molecular weight is 346 g/mol. The fourth-order valence-corrected chi connectivity index (χ4v) is 3.39. The smallest absolute Gasteiger partial charge is 0.203 e. The van der Waals surface area contributed by atoms with Gasteiger partial charge in [0.1, 0.15) is 0 Å². The van der Waals surface area contributed by atoms with Crippen molar-refractivity contribution in [1.82, 2.24) is 0 Å². The first-order valence-corrected chi connectivity index (χ1v) is 7.96. The van der Waals surface area contributed by atoms with Crippen molar-refractivity contribution >= 4 is 0 Å². The molecule has 2 aromatic carbocycles. The Balaban J connectivity index is 2.39. The molecular formula is C19H22O6. The molecular weight excluding hydrogens is 324 g/mol. The fourth-order valence-electron chi connectivity index (χ4n) is 3.39. The van der Waals surface area contributed by atoms with Crippen LogP contribution in [0.15, 0.2) is 18.2 Å². The van der Waals surface area contributed by atoms with Gasteiger partial charge in [-0.05, 0) is 47.7 Å². The van der Waals surface area contributed by atoms with Crippen molar-refractivity contribution in [2.24, 2.45) is 0 Å². The molecule has 1 aliphatic carbocycles. The minimum absolute atomic E-state index is 0.0109. The highest BCUT2D eigenvalue weighted by Gasteiger charge is 2.29. The number of fused-ring (bicyclic) bond motifs is 3.